The van der Waals surface area contributed by atoms with Gasteiger partial charge in [-0.15, -0.1) is 0 Å². The first kappa shape index (κ1) is 26.6. The fourth-order valence-corrected chi connectivity index (χ4v) is 5.33. The second-order valence-corrected chi connectivity index (χ2v) is 10.5. The van der Waals surface area contributed by atoms with Crippen molar-refractivity contribution in [3.05, 3.63) is 82.1 Å². The molecular weight excluding hydrogens is 542 g/mol. The van der Waals surface area contributed by atoms with Crippen LogP contribution in [0.1, 0.15) is 24.0 Å². The quantitative estimate of drug-likeness (QED) is 0.325. The van der Waals surface area contributed by atoms with Crippen LogP contribution < -0.4 is 9.47 Å². The second-order valence-electron chi connectivity index (χ2n) is 9.67. The van der Waals surface area contributed by atoms with Crippen LogP contribution in [0.4, 0.5) is 18.0 Å². The van der Waals surface area contributed by atoms with Crippen LogP contribution in [0.5, 0.6) is 17.2 Å². The number of carbonyl (C=O) groups is 1. The molecule has 1 amide bonds. The number of nitrogens with zero attached hydrogens (tertiary/aromatic N) is 3. The molecule has 1 spiro atoms. The number of halogens is 5. The fourth-order valence-electron chi connectivity index (χ4n) is 4.93. The first-order chi connectivity index (χ1) is 18.1. The summed E-state index contributed by atoms with van der Waals surface area (Å²) in [5.74, 6) is 0.846. The predicted molar refractivity (Wildman–Crippen MR) is 137 cm³/mol. The van der Waals surface area contributed by atoms with Crippen molar-refractivity contribution in [1.82, 2.24) is 14.8 Å². The Balaban J connectivity index is 1.13. The zero-order valence-corrected chi connectivity index (χ0v) is 21.7. The van der Waals surface area contributed by atoms with Gasteiger partial charge < -0.3 is 14.4 Å². The van der Waals surface area contributed by atoms with Crippen molar-refractivity contribution >= 4 is 29.3 Å². The summed E-state index contributed by atoms with van der Waals surface area (Å²) in [7, 11) is 0. The molecule has 200 valence electrons. The first-order valence-electron chi connectivity index (χ1n) is 12.0. The summed E-state index contributed by atoms with van der Waals surface area (Å²) in [4.78, 5) is 19.9. The SMILES string of the molecule is O=C(Oc1cncc(C(F)(F)F)c1)N1CCC2(CC1)CN(Cc1cccc(Oc3ccccc3Cl)c1Cl)C2. The maximum Gasteiger partial charge on any atom is 0.418 e. The largest absolute Gasteiger partial charge is 0.454 e. The maximum absolute atomic E-state index is 12.9. The lowest BCUT2D eigenvalue weighted by Gasteiger charge is -2.54. The Kier molecular flexibility index (Phi) is 7.44. The number of carbonyl (C=O) groups excluding carboxylic acids is 1. The number of likely N-dealkylation sites (tertiary alicyclic amines) is 2. The minimum Gasteiger partial charge on any atom is -0.454 e. The molecule has 0 aliphatic carbocycles. The third-order valence-corrected chi connectivity index (χ3v) is 7.68. The molecule has 0 bridgehead atoms. The summed E-state index contributed by atoms with van der Waals surface area (Å²) in [5.41, 5.74) is 0.0740. The lowest BCUT2D eigenvalue weighted by atomic mass is 9.72. The average Bonchev–Trinajstić information content (AvgIpc) is 2.87. The van der Waals surface area contributed by atoms with E-state index in [1.165, 1.54) is 4.90 Å². The smallest absolute Gasteiger partial charge is 0.418 e. The van der Waals surface area contributed by atoms with E-state index in [2.05, 4.69) is 9.88 Å². The van der Waals surface area contributed by atoms with Crippen LogP contribution in [0, 0.1) is 5.41 Å². The van der Waals surface area contributed by atoms with Crippen LogP contribution in [0.3, 0.4) is 0 Å². The Morgan fingerprint density at radius 3 is 2.42 bits per heavy atom. The minimum absolute atomic E-state index is 0.0900. The summed E-state index contributed by atoms with van der Waals surface area (Å²) in [6.45, 7) is 3.33. The molecule has 3 heterocycles. The lowest BCUT2D eigenvalue weighted by Crippen LogP contribution is -2.60. The molecule has 2 aromatic carbocycles. The highest BCUT2D eigenvalue weighted by Crippen LogP contribution is 2.43. The van der Waals surface area contributed by atoms with Crippen LogP contribution in [-0.4, -0.2) is 47.1 Å². The summed E-state index contributed by atoms with van der Waals surface area (Å²) in [6, 6.07) is 13.6. The second kappa shape index (κ2) is 10.6. The number of benzene rings is 2. The van der Waals surface area contributed by atoms with E-state index >= 15 is 0 Å². The lowest BCUT2D eigenvalue weighted by molar-refractivity contribution is -0.137. The van der Waals surface area contributed by atoms with Gasteiger partial charge in [-0.3, -0.25) is 9.88 Å². The number of para-hydroxylation sites is 1. The van der Waals surface area contributed by atoms with Gasteiger partial charge in [0.1, 0.15) is 11.5 Å². The number of hydrogen-bond donors (Lipinski definition) is 0. The number of hydrogen-bond acceptors (Lipinski definition) is 5. The Hall–Kier alpha value is -3.01. The van der Waals surface area contributed by atoms with E-state index in [1.54, 1.807) is 18.2 Å². The molecule has 2 aliphatic heterocycles. The number of amides is 1. The van der Waals surface area contributed by atoms with Crippen LogP contribution >= 0.6 is 23.2 Å². The molecule has 2 aliphatic rings. The van der Waals surface area contributed by atoms with Gasteiger partial charge in [0.05, 0.1) is 21.8 Å². The summed E-state index contributed by atoms with van der Waals surface area (Å²) in [6.07, 6.45) is -1.87. The number of piperidine rings is 1. The molecule has 0 N–H and O–H groups in total. The van der Waals surface area contributed by atoms with Crippen LogP contribution in [0.25, 0.3) is 0 Å². The van der Waals surface area contributed by atoms with E-state index in [0.29, 0.717) is 47.4 Å². The van der Waals surface area contributed by atoms with Gasteiger partial charge in [0.15, 0.2) is 5.75 Å². The van der Waals surface area contributed by atoms with Crippen molar-refractivity contribution in [1.29, 1.82) is 0 Å². The normalized spacial score (nSPS) is 17.2. The van der Waals surface area contributed by atoms with Gasteiger partial charge in [0.2, 0.25) is 0 Å². The Labute approximate surface area is 227 Å². The number of alkyl halides is 3. The minimum atomic E-state index is -4.56. The van der Waals surface area contributed by atoms with Gasteiger partial charge in [-0.05, 0) is 48.1 Å². The molecule has 2 fully saturated rings. The summed E-state index contributed by atoms with van der Waals surface area (Å²) in [5, 5.41) is 1.04. The molecular formula is C27H24Cl2F3N3O3. The molecule has 2 saturated heterocycles. The first-order valence-corrected chi connectivity index (χ1v) is 12.8. The van der Waals surface area contributed by atoms with Gasteiger partial charge in [-0.25, -0.2) is 4.79 Å². The van der Waals surface area contributed by atoms with Gasteiger partial charge in [-0.1, -0.05) is 47.5 Å². The molecule has 0 unspecified atom stereocenters. The van der Waals surface area contributed by atoms with E-state index in [0.717, 1.165) is 43.8 Å². The molecule has 5 rings (SSSR count). The van der Waals surface area contributed by atoms with Gasteiger partial charge >= 0.3 is 12.3 Å². The van der Waals surface area contributed by atoms with Crippen LogP contribution in [-0.2, 0) is 12.7 Å². The van der Waals surface area contributed by atoms with Crippen molar-refractivity contribution in [2.24, 2.45) is 5.41 Å². The molecule has 0 atom stereocenters. The summed E-state index contributed by atoms with van der Waals surface area (Å²) >= 11 is 12.9. The standard InChI is InChI=1S/C27H24Cl2F3N3O3/c28-21-5-1-2-6-22(21)38-23-7-3-4-18(24(23)29)15-34-16-26(17-34)8-10-35(11-9-26)25(36)37-20-12-19(13-33-14-20)27(30,31)32/h1-7,12-14H,8-11,15-17H2. The van der Waals surface area contributed by atoms with Gasteiger partial charge in [-0.2, -0.15) is 13.2 Å². The zero-order chi connectivity index (χ0) is 26.9. The Morgan fingerprint density at radius 1 is 1.00 bits per heavy atom. The maximum atomic E-state index is 12.9. The van der Waals surface area contributed by atoms with E-state index in [9.17, 15) is 18.0 Å². The molecule has 0 radical (unpaired) electrons. The number of aromatic nitrogens is 1. The highest BCUT2D eigenvalue weighted by molar-refractivity contribution is 6.33. The molecule has 3 aromatic rings. The third-order valence-electron chi connectivity index (χ3n) is 6.94. The van der Waals surface area contributed by atoms with Crippen molar-refractivity contribution in [2.45, 2.75) is 25.6 Å². The van der Waals surface area contributed by atoms with E-state index in [4.69, 9.17) is 32.7 Å². The topological polar surface area (TPSA) is 54.9 Å². The number of pyridine rings is 1. The van der Waals surface area contributed by atoms with E-state index in [-0.39, 0.29) is 11.2 Å². The predicted octanol–water partition coefficient (Wildman–Crippen LogP) is 7.30. The number of ether oxygens (including phenoxy) is 2. The molecule has 1 aromatic heterocycles. The number of rotatable bonds is 5. The molecule has 11 heteroatoms. The highest BCUT2D eigenvalue weighted by Gasteiger charge is 2.45. The van der Waals surface area contributed by atoms with Crippen molar-refractivity contribution in [3.63, 3.8) is 0 Å². The zero-order valence-electron chi connectivity index (χ0n) is 20.2. The molecule has 0 saturated carbocycles. The van der Waals surface area contributed by atoms with Crippen LogP contribution in [0.2, 0.25) is 10.0 Å². The monoisotopic (exact) mass is 565 g/mol. The fraction of sp³-hybridized carbons (Fsp3) is 0.333. The van der Waals surface area contributed by atoms with Crippen molar-refractivity contribution in [3.8, 4) is 17.2 Å². The van der Waals surface area contributed by atoms with E-state index in [1.807, 2.05) is 24.3 Å². The average molecular weight is 566 g/mol. The summed E-state index contributed by atoms with van der Waals surface area (Å²) < 4.78 is 49.8. The van der Waals surface area contributed by atoms with Crippen molar-refractivity contribution in [2.75, 3.05) is 26.2 Å². The molecule has 6 nitrogen and oxygen atoms in total. The van der Waals surface area contributed by atoms with Crippen LogP contribution in [0.15, 0.2) is 60.9 Å². The van der Waals surface area contributed by atoms with Gasteiger partial charge in [0, 0.05) is 38.9 Å². The van der Waals surface area contributed by atoms with Crippen molar-refractivity contribution < 1.29 is 27.4 Å². The third kappa shape index (κ3) is 5.85. The van der Waals surface area contributed by atoms with E-state index < -0.39 is 17.8 Å². The molecule has 38 heavy (non-hydrogen) atoms. The highest BCUT2D eigenvalue weighted by atomic mass is 35.5. The Bertz CT molecular complexity index is 1320. The Morgan fingerprint density at radius 2 is 1.71 bits per heavy atom. The van der Waals surface area contributed by atoms with Gasteiger partial charge in [0.25, 0.3) is 0 Å².